The Morgan fingerprint density at radius 3 is 2.89 bits per heavy atom. The van der Waals surface area contributed by atoms with E-state index in [1.165, 1.54) is 5.56 Å². The molecule has 0 aliphatic carbocycles. The number of carbonyl (C=O) groups is 1. The molecule has 2 aromatic rings. The van der Waals surface area contributed by atoms with Crippen LogP contribution < -0.4 is 5.32 Å². The van der Waals surface area contributed by atoms with Crippen LogP contribution in [0.1, 0.15) is 28.4 Å². The van der Waals surface area contributed by atoms with E-state index in [-0.39, 0.29) is 11.9 Å². The number of carbonyl (C=O) groups excluding carboxylic acids is 1. The molecule has 0 fully saturated rings. The van der Waals surface area contributed by atoms with E-state index in [9.17, 15) is 4.79 Å². The Labute approximate surface area is 122 Å². The molecule has 0 aliphatic heterocycles. The van der Waals surface area contributed by atoms with Crippen LogP contribution in [0.3, 0.4) is 0 Å². The van der Waals surface area contributed by atoms with Crippen molar-refractivity contribution >= 4 is 28.8 Å². The Hall–Kier alpha value is -1.32. The summed E-state index contributed by atoms with van der Waals surface area (Å²) in [5, 5.41) is 7.17. The Kier molecular flexibility index (Phi) is 5.00. The molecule has 1 amide bonds. The number of hydrogen-bond donors (Lipinski definition) is 1. The van der Waals surface area contributed by atoms with E-state index < -0.39 is 0 Å². The van der Waals surface area contributed by atoms with E-state index in [1.54, 1.807) is 11.3 Å². The molecular formula is C15H16ClNOS. The number of thiophene rings is 1. The molecule has 0 saturated heterocycles. The van der Waals surface area contributed by atoms with Crippen molar-refractivity contribution in [3.63, 3.8) is 0 Å². The number of halogens is 1. The van der Waals surface area contributed by atoms with Crippen molar-refractivity contribution in [3.05, 3.63) is 57.8 Å². The summed E-state index contributed by atoms with van der Waals surface area (Å²) < 4.78 is 0. The van der Waals surface area contributed by atoms with Gasteiger partial charge in [-0.25, -0.2) is 0 Å². The Morgan fingerprint density at radius 1 is 1.37 bits per heavy atom. The summed E-state index contributed by atoms with van der Waals surface area (Å²) >= 11 is 7.45. The van der Waals surface area contributed by atoms with Crippen molar-refractivity contribution in [2.75, 3.05) is 0 Å². The molecule has 0 bridgehead atoms. The lowest BCUT2D eigenvalue weighted by atomic mass is 10.1. The molecule has 1 atom stereocenters. The van der Waals surface area contributed by atoms with Crippen LogP contribution in [0.15, 0.2) is 41.1 Å². The zero-order valence-corrected chi connectivity index (χ0v) is 12.3. The lowest BCUT2D eigenvalue weighted by molar-refractivity contribution is 0.0940. The molecule has 2 nitrogen and oxygen atoms in total. The average Bonchev–Trinajstić information content (AvgIpc) is 2.91. The molecule has 100 valence electrons. The average molecular weight is 294 g/mol. The highest BCUT2D eigenvalue weighted by Crippen LogP contribution is 2.10. The van der Waals surface area contributed by atoms with Crippen molar-refractivity contribution in [2.45, 2.75) is 25.3 Å². The molecule has 0 spiro atoms. The molecule has 19 heavy (non-hydrogen) atoms. The first-order valence-corrected chi connectivity index (χ1v) is 7.63. The van der Waals surface area contributed by atoms with E-state index >= 15 is 0 Å². The van der Waals surface area contributed by atoms with Crippen LogP contribution >= 0.6 is 22.9 Å². The fourth-order valence-electron chi connectivity index (χ4n) is 1.92. The zero-order chi connectivity index (χ0) is 13.7. The van der Waals surface area contributed by atoms with Gasteiger partial charge >= 0.3 is 0 Å². The highest BCUT2D eigenvalue weighted by atomic mass is 35.5. The first kappa shape index (κ1) is 14.1. The fraction of sp³-hybridized carbons (Fsp3) is 0.267. The van der Waals surface area contributed by atoms with Gasteiger partial charge in [0.05, 0.1) is 0 Å². The number of alkyl halides is 1. The van der Waals surface area contributed by atoms with Crippen LogP contribution in [0, 0.1) is 0 Å². The summed E-state index contributed by atoms with van der Waals surface area (Å²) in [5.41, 5.74) is 2.88. The van der Waals surface area contributed by atoms with Gasteiger partial charge in [0.25, 0.3) is 5.91 Å². The van der Waals surface area contributed by atoms with Gasteiger partial charge in [-0.15, -0.1) is 11.6 Å². The van der Waals surface area contributed by atoms with Crippen LogP contribution in [0.4, 0.5) is 0 Å². The molecule has 0 saturated carbocycles. The predicted molar refractivity (Wildman–Crippen MR) is 81.0 cm³/mol. The quantitative estimate of drug-likeness (QED) is 0.834. The van der Waals surface area contributed by atoms with E-state index in [1.807, 2.05) is 36.6 Å². The van der Waals surface area contributed by atoms with E-state index in [0.29, 0.717) is 11.4 Å². The van der Waals surface area contributed by atoms with Gasteiger partial charge in [-0.05, 0) is 53.4 Å². The summed E-state index contributed by atoms with van der Waals surface area (Å²) in [6, 6.07) is 9.61. The second-order valence-electron chi connectivity index (χ2n) is 4.54. The minimum Gasteiger partial charge on any atom is -0.349 e. The number of hydrogen-bond acceptors (Lipinski definition) is 2. The van der Waals surface area contributed by atoms with E-state index in [0.717, 1.165) is 12.0 Å². The predicted octanol–water partition coefficient (Wildman–Crippen LogP) is 3.85. The van der Waals surface area contributed by atoms with Gasteiger partial charge in [0.2, 0.25) is 0 Å². The van der Waals surface area contributed by atoms with Crippen LogP contribution in [0.5, 0.6) is 0 Å². The van der Waals surface area contributed by atoms with Crippen molar-refractivity contribution in [2.24, 2.45) is 0 Å². The highest BCUT2D eigenvalue weighted by molar-refractivity contribution is 7.07. The first-order chi connectivity index (χ1) is 9.19. The van der Waals surface area contributed by atoms with Gasteiger partial charge in [-0.2, -0.15) is 11.3 Å². The maximum absolute atomic E-state index is 12.1. The molecule has 1 heterocycles. The molecule has 2 rings (SSSR count). The molecule has 1 aromatic carbocycles. The second-order valence-corrected chi connectivity index (χ2v) is 5.59. The van der Waals surface area contributed by atoms with Gasteiger partial charge in [-0.3, -0.25) is 4.79 Å². The number of amides is 1. The lowest BCUT2D eigenvalue weighted by Gasteiger charge is -2.13. The minimum absolute atomic E-state index is 0.0466. The van der Waals surface area contributed by atoms with Crippen LogP contribution in [-0.2, 0) is 12.3 Å². The third kappa shape index (κ3) is 4.08. The highest BCUT2D eigenvalue weighted by Gasteiger charge is 2.10. The first-order valence-electron chi connectivity index (χ1n) is 6.16. The van der Waals surface area contributed by atoms with Gasteiger partial charge in [0.15, 0.2) is 0 Å². The van der Waals surface area contributed by atoms with Crippen LogP contribution in [0.25, 0.3) is 0 Å². The van der Waals surface area contributed by atoms with E-state index in [2.05, 4.69) is 16.8 Å². The van der Waals surface area contributed by atoms with Gasteiger partial charge in [0.1, 0.15) is 0 Å². The molecule has 4 heteroatoms. The third-order valence-corrected chi connectivity index (χ3v) is 3.88. The molecule has 1 aromatic heterocycles. The lowest BCUT2D eigenvalue weighted by Crippen LogP contribution is -2.34. The molecular weight excluding hydrogens is 278 g/mol. The van der Waals surface area contributed by atoms with Crippen molar-refractivity contribution in [1.29, 1.82) is 0 Å². The topological polar surface area (TPSA) is 29.1 Å². The van der Waals surface area contributed by atoms with Crippen LogP contribution in [-0.4, -0.2) is 11.9 Å². The standard InChI is InChI=1S/C15H16ClNOS/c1-11(7-13-5-6-19-10-13)17-15(18)14-4-2-3-12(8-14)9-16/h2-6,8,10-11H,7,9H2,1H3,(H,17,18). The summed E-state index contributed by atoms with van der Waals surface area (Å²) in [6.45, 7) is 2.01. The molecule has 1 unspecified atom stereocenters. The molecule has 1 N–H and O–H groups in total. The van der Waals surface area contributed by atoms with Gasteiger partial charge in [-0.1, -0.05) is 12.1 Å². The minimum atomic E-state index is -0.0466. The van der Waals surface area contributed by atoms with Gasteiger partial charge in [0, 0.05) is 17.5 Å². The molecule has 0 aliphatic rings. The van der Waals surface area contributed by atoms with Crippen LogP contribution in [0.2, 0.25) is 0 Å². The number of benzene rings is 1. The summed E-state index contributed by atoms with van der Waals surface area (Å²) in [4.78, 5) is 12.1. The summed E-state index contributed by atoms with van der Waals surface area (Å²) in [7, 11) is 0. The monoisotopic (exact) mass is 293 g/mol. The maximum atomic E-state index is 12.1. The fourth-order valence-corrected chi connectivity index (χ4v) is 2.76. The normalized spacial score (nSPS) is 12.1. The third-order valence-electron chi connectivity index (χ3n) is 2.84. The maximum Gasteiger partial charge on any atom is 0.251 e. The Balaban J connectivity index is 1.96. The van der Waals surface area contributed by atoms with Crippen molar-refractivity contribution in [1.82, 2.24) is 5.32 Å². The van der Waals surface area contributed by atoms with E-state index in [4.69, 9.17) is 11.6 Å². The largest absolute Gasteiger partial charge is 0.349 e. The smallest absolute Gasteiger partial charge is 0.251 e. The molecule has 0 radical (unpaired) electrons. The SMILES string of the molecule is CC(Cc1ccsc1)NC(=O)c1cccc(CCl)c1. The summed E-state index contributed by atoms with van der Waals surface area (Å²) in [5.74, 6) is 0.376. The second kappa shape index (κ2) is 6.73. The Bertz CT molecular complexity index is 539. The Morgan fingerprint density at radius 2 is 2.21 bits per heavy atom. The van der Waals surface area contributed by atoms with Crippen molar-refractivity contribution < 1.29 is 4.79 Å². The number of nitrogens with one attached hydrogen (secondary N) is 1. The summed E-state index contributed by atoms with van der Waals surface area (Å²) in [6.07, 6.45) is 0.852. The van der Waals surface area contributed by atoms with Crippen molar-refractivity contribution in [3.8, 4) is 0 Å². The zero-order valence-electron chi connectivity index (χ0n) is 10.7. The number of rotatable bonds is 5. The van der Waals surface area contributed by atoms with Gasteiger partial charge < -0.3 is 5.32 Å².